The third-order valence-corrected chi connectivity index (χ3v) is 2.21. The van der Waals surface area contributed by atoms with E-state index in [4.69, 9.17) is 21.4 Å². The van der Waals surface area contributed by atoms with Crippen LogP contribution in [0.3, 0.4) is 0 Å². The number of carboxylic acid groups (broad SMARTS) is 1. The zero-order valence-electron chi connectivity index (χ0n) is 7.95. The van der Waals surface area contributed by atoms with Crippen LogP contribution in [-0.2, 0) is 4.79 Å². The van der Waals surface area contributed by atoms with Gasteiger partial charge in [-0.2, -0.15) is 0 Å². The quantitative estimate of drug-likeness (QED) is 0.841. The van der Waals surface area contributed by atoms with Crippen LogP contribution in [0.4, 0.5) is 0 Å². The average Bonchev–Trinajstić information content (AvgIpc) is 2.11. The molecule has 0 heterocycles. The summed E-state index contributed by atoms with van der Waals surface area (Å²) in [5.41, 5.74) is 0.863. The number of hydrogen-bond acceptors (Lipinski definition) is 2. The zero-order valence-corrected chi connectivity index (χ0v) is 8.71. The predicted molar refractivity (Wildman–Crippen MR) is 53.9 cm³/mol. The van der Waals surface area contributed by atoms with Gasteiger partial charge < -0.3 is 9.84 Å². The van der Waals surface area contributed by atoms with E-state index in [1.807, 2.05) is 6.92 Å². The average molecular weight is 215 g/mol. The molecule has 4 heteroatoms. The Morgan fingerprint density at radius 2 is 2.21 bits per heavy atom. The van der Waals surface area contributed by atoms with Crippen LogP contribution in [0.5, 0.6) is 5.75 Å². The number of carboxylic acids is 1. The van der Waals surface area contributed by atoms with Gasteiger partial charge in [0.15, 0.2) is 6.10 Å². The Bertz CT molecular complexity index is 349. The highest BCUT2D eigenvalue weighted by molar-refractivity contribution is 6.31. The van der Waals surface area contributed by atoms with E-state index in [9.17, 15) is 4.79 Å². The summed E-state index contributed by atoms with van der Waals surface area (Å²) < 4.78 is 5.15. The van der Waals surface area contributed by atoms with Gasteiger partial charge in [0, 0.05) is 5.02 Å². The fourth-order valence-corrected chi connectivity index (χ4v) is 1.06. The summed E-state index contributed by atoms with van der Waals surface area (Å²) in [4.78, 5) is 10.5. The molecule has 0 radical (unpaired) electrons. The number of carbonyl (C=O) groups is 1. The third-order valence-electron chi connectivity index (χ3n) is 1.79. The molecule has 0 aliphatic rings. The first-order valence-electron chi connectivity index (χ1n) is 4.16. The minimum Gasteiger partial charge on any atom is -0.479 e. The van der Waals surface area contributed by atoms with Crippen molar-refractivity contribution < 1.29 is 14.6 Å². The molecular formula is C10H11ClO3. The number of hydrogen-bond donors (Lipinski definition) is 1. The molecule has 0 spiro atoms. The molecule has 14 heavy (non-hydrogen) atoms. The Morgan fingerprint density at radius 1 is 1.57 bits per heavy atom. The van der Waals surface area contributed by atoms with Gasteiger partial charge in [0.1, 0.15) is 5.75 Å². The van der Waals surface area contributed by atoms with Crippen LogP contribution in [0, 0.1) is 6.92 Å². The Balaban J connectivity index is 2.78. The summed E-state index contributed by atoms with van der Waals surface area (Å²) in [5, 5.41) is 9.26. The van der Waals surface area contributed by atoms with Gasteiger partial charge in [-0.1, -0.05) is 11.6 Å². The summed E-state index contributed by atoms with van der Waals surface area (Å²) >= 11 is 5.81. The minimum absolute atomic E-state index is 0.516. The van der Waals surface area contributed by atoms with Gasteiger partial charge in [-0.25, -0.2) is 4.79 Å². The second-order valence-electron chi connectivity index (χ2n) is 3.01. The van der Waals surface area contributed by atoms with E-state index < -0.39 is 12.1 Å². The van der Waals surface area contributed by atoms with E-state index >= 15 is 0 Å². The minimum atomic E-state index is -0.988. The lowest BCUT2D eigenvalue weighted by Gasteiger charge is -2.10. The maximum Gasteiger partial charge on any atom is 0.344 e. The summed E-state index contributed by atoms with van der Waals surface area (Å²) in [6.07, 6.45) is -0.851. The number of aliphatic carboxylic acids is 1. The molecule has 0 amide bonds. The van der Waals surface area contributed by atoms with Crippen LogP contribution in [0.2, 0.25) is 5.02 Å². The first-order chi connectivity index (χ1) is 6.50. The van der Waals surface area contributed by atoms with Crippen LogP contribution in [0.25, 0.3) is 0 Å². The topological polar surface area (TPSA) is 46.5 Å². The third kappa shape index (κ3) is 2.64. The molecule has 1 unspecified atom stereocenters. The smallest absolute Gasteiger partial charge is 0.344 e. The van der Waals surface area contributed by atoms with Gasteiger partial charge in [-0.3, -0.25) is 0 Å². The lowest BCUT2D eigenvalue weighted by atomic mass is 10.2. The molecule has 0 aliphatic carbocycles. The first kappa shape index (κ1) is 10.9. The number of rotatable bonds is 3. The van der Waals surface area contributed by atoms with Gasteiger partial charge in [-0.15, -0.1) is 0 Å². The van der Waals surface area contributed by atoms with Gasteiger partial charge in [0.2, 0.25) is 0 Å². The standard InChI is InChI=1S/C10H11ClO3/c1-6-5-8(3-4-9(6)11)14-7(2)10(12)13/h3-5,7H,1-2H3,(H,12,13). The largest absolute Gasteiger partial charge is 0.479 e. The normalized spacial score (nSPS) is 12.2. The van der Waals surface area contributed by atoms with Crippen LogP contribution in [0.15, 0.2) is 18.2 Å². The predicted octanol–water partition coefficient (Wildman–Crippen LogP) is 2.50. The van der Waals surface area contributed by atoms with Crippen LogP contribution in [0.1, 0.15) is 12.5 Å². The van der Waals surface area contributed by atoms with E-state index in [-0.39, 0.29) is 0 Å². The van der Waals surface area contributed by atoms with E-state index in [1.54, 1.807) is 18.2 Å². The van der Waals surface area contributed by atoms with Crippen LogP contribution >= 0.6 is 11.6 Å². The first-order valence-corrected chi connectivity index (χ1v) is 4.54. The summed E-state index contributed by atoms with van der Waals surface area (Å²) in [5.74, 6) is -0.473. The number of halogens is 1. The number of aryl methyl sites for hydroxylation is 1. The summed E-state index contributed by atoms with van der Waals surface area (Å²) in [6.45, 7) is 3.31. The molecule has 1 rings (SSSR count). The summed E-state index contributed by atoms with van der Waals surface area (Å²) in [6, 6.07) is 5.04. The van der Waals surface area contributed by atoms with E-state index in [0.29, 0.717) is 10.8 Å². The Labute approximate surface area is 87.3 Å². The maximum absolute atomic E-state index is 10.5. The number of ether oxygens (including phenoxy) is 1. The summed E-state index contributed by atoms with van der Waals surface area (Å²) in [7, 11) is 0. The molecule has 3 nitrogen and oxygen atoms in total. The van der Waals surface area contributed by atoms with Crippen molar-refractivity contribution in [1.29, 1.82) is 0 Å². The molecular weight excluding hydrogens is 204 g/mol. The maximum atomic E-state index is 10.5. The van der Waals surface area contributed by atoms with Crippen molar-refractivity contribution in [1.82, 2.24) is 0 Å². The number of benzene rings is 1. The molecule has 1 aromatic rings. The van der Waals surface area contributed by atoms with E-state index in [2.05, 4.69) is 0 Å². The van der Waals surface area contributed by atoms with Gasteiger partial charge >= 0.3 is 5.97 Å². The van der Waals surface area contributed by atoms with E-state index in [1.165, 1.54) is 6.92 Å². The highest BCUT2D eigenvalue weighted by Gasteiger charge is 2.12. The zero-order chi connectivity index (χ0) is 10.7. The lowest BCUT2D eigenvalue weighted by molar-refractivity contribution is -0.144. The van der Waals surface area contributed by atoms with Crippen LogP contribution in [-0.4, -0.2) is 17.2 Å². The van der Waals surface area contributed by atoms with Crippen molar-refractivity contribution in [2.75, 3.05) is 0 Å². The Hall–Kier alpha value is -1.22. The van der Waals surface area contributed by atoms with Crippen molar-refractivity contribution in [2.45, 2.75) is 20.0 Å². The molecule has 0 bridgehead atoms. The van der Waals surface area contributed by atoms with Crippen molar-refractivity contribution in [3.8, 4) is 5.75 Å². The van der Waals surface area contributed by atoms with Crippen molar-refractivity contribution in [3.05, 3.63) is 28.8 Å². The fraction of sp³-hybridized carbons (Fsp3) is 0.300. The van der Waals surface area contributed by atoms with Crippen molar-refractivity contribution >= 4 is 17.6 Å². The SMILES string of the molecule is Cc1cc(OC(C)C(=O)O)ccc1Cl. The molecule has 1 atom stereocenters. The fourth-order valence-electron chi connectivity index (χ4n) is 0.945. The van der Waals surface area contributed by atoms with Crippen molar-refractivity contribution in [3.63, 3.8) is 0 Å². The van der Waals surface area contributed by atoms with Crippen LogP contribution < -0.4 is 4.74 Å². The molecule has 0 saturated carbocycles. The lowest BCUT2D eigenvalue weighted by Crippen LogP contribution is -2.22. The molecule has 1 N–H and O–H groups in total. The Kier molecular flexibility index (Phi) is 3.36. The van der Waals surface area contributed by atoms with Crippen molar-refractivity contribution in [2.24, 2.45) is 0 Å². The highest BCUT2D eigenvalue weighted by Crippen LogP contribution is 2.21. The van der Waals surface area contributed by atoms with Gasteiger partial charge in [0.25, 0.3) is 0 Å². The molecule has 0 saturated heterocycles. The molecule has 1 aromatic carbocycles. The van der Waals surface area contributed by atoms with E-state index in [0.717, 1.165) is 5.56 Å². The second-order valence-corrected chi connectivity index (χ2v) is 3.42. The molecule has 0 aliphatic heterocycles. The monoisotopic (exact) mass is 214 g/mol. The highest BCUT2D eigenvalue weighted by atomic mass is 35.5. The molecule has 0 fully saturated rings. The van der Waals surface area contributed by atoms with Gasteiger partial charge in [0.05, 0.1) is 0 Å². The van der Waals surface area contributed by atoms with Gasteiger partial charge in [-0.05, 0) is 37.6 Å². The Morgan fingerprint density at radius 3 is 2.71 bits per heavy atom. The molecule has 76 valence electrons. The molecule has 0 aromatic heterocycles. The second kappa shape index (κ2) is 4.33.